The van der Waals surface area contributed by atoms with E-state index in [1.807, 2.05) is 61.5 Å². The Bertz CT molecular complexity index is 632. The molecule has 1 heterocycles. The fourth-order valence-electron chi connectivity index (χ4n) is 4.08. The summed E-state index contributed by atoms with van der Waals surface area (Å²) in [6.07, 6.45) is 13.0. The molecule has 0 bridgehead atoms. The number of rotatable bonds is 11. The number of amides is 1. The van der Waals surface area contributed by atoms with Gasteiger partial charge in [-0.25, -0.2) is 0 Å². The van der Waals surface area contributed by atoms with Crippen LogP contribution < -0.4 is 5.32 Å². The van der Waals surface area contributed by atoms with Crippen LogP contribution in [-0.4, -0.2) is 40.3 Å². The average molecular weight is 512 g/mol. The second-order valence-corrected chi connectivity index (χ2v) is 12.8. The maximum Gasteiger partial charge on any atom is 0.239 e. The van der Waals surface area contributed by atoms with E-state index in [9.17, 15) is 9.90 Å². The molecular weight excluding hydrogens is 454 g/mol. The summed E-state index contributed by atoms with van der Waals surface area (Å²) in [5.74, 6) is 1.13. The molecule has 1 atom stereocenters. The average Bonchev–Trinajstić information content (AvgIpc) is 2.79. The van der Waals surface area contributed by atoms with Crippen molar-refractivity contribution in [1.82, 2.24) is 5.32 Å². The van der Waals surface area contributed by atoms with Crippen LogP contribution in [0.25, 0.3) is 0 Å². The zero-order valence-electron chi connectivity index (χ0n) is 24.5. The molecule has 0 aromatic carbocycles. The Kier molecular flexibility index (Phi) is 17.2. The highest BCUT2D eigenvalue weighted by Crippen LogP contribution is 2.35. The summed E-state index contributed by atoms with van der Waals surface area (Å²) in [5, 5.41) is 13.6. The van der Waals surface area contributed by atoms with Crippen molar-refractivity contribution >= 4 is 17.7 Å². The van der Waals surface area contributed by atoms with E-state index in [2.05, 4.69) is 18.8 Å². The lowest BCUT2D eigenvalue weighted by Gasteiger charge is -2.32. The van der Waals surface area contributed by atoms with Crippen LogP contribution in [0.1, 0.15) is 120 Å². The van der Waals surface area contributed by atoms with E-state index >= 15 is 0 Å². The van der Waals surface area contributed by atoms with Gasteiger partial charge in [0.2, 0.25) is 5.91 Å². The van der Waals surface area contributed by atoms with Crippen LogP contribution in [0.15, 0.2) is 23.9 Å². The number of hydrogen-bond acceptors (Lipinski definition) is 4. The Morgan fingerprint density at radius 3 is 2.17 bits per heavy atom. The summed E-state index contributed by atoms with van der Waals surface area (Å²) in [6, 6.07) is 0. The molecule has 0 radical (unpaired) electrons. The van der Waals surface area contributed by atoms with Gasteiger partial charge in [0.15, 0.2) is 0 Å². The molecule has 2 fully saturated rings. The van der Waals surface area contributed by atoms with Crippen molar-refractivity contribution in [3.05, 3.63) is 23.9 Å². The Hall–Kier alpha value is -0.780. The van der Waals surface area contributed by atoms with Gasteiger partial charge in [0.05, 0.1) is 10.9 Å². The lowest BCUT2D eigenvalue weighted by Crippen LogP contribution is -2.41. The summed E-state index contributed by atoms with van der Waals surface area (Å²) >= 11 is 1.72. The Balaban J connectivity index is 0.000000961. The maximum absolute atomic E-state index is 12.7. The Morgan fingerprint density at radius 2 is 1.71 bits per heavy atom. The maximum atomic E-state index is 12.7. The predicted octanol–water partition coefficient (Wildman–Crippen LogP) is 8.05. The normalized spacial score (nSPS) is 18.3. The lowest BCUT2D eigenvalue weighted by atomic mass is 9.78. The molecule has 1 saturated carbocycles. The van der Waals surface area contributed by atoms with Crippen molar-refractivity contribution < 1.29 is 14.6 Å². The van der Waals surface area contributed by atoms with Gasteiger partial charge in [-0.05, 0) is 57.6 Å². The van der Waals surface area contributed by atoms with Crippen molar-refractivity contribution in [3.63, 3.8) is 0 Å². The first-order valence-electron chi connectivity index (χ1n) is 14.1. The van der Waals surface area contributed by atoms with Gasteiger partial charge in [-0.15, -0.1) is 11.8 Å². The molecule has 5 heteroatoms. The first kappa shape index (κ1) is 34.2. The van der Waals surface area contributed by atoms with Gasteiger partial charge < -0.3 is 15.2 Å². The molecule has 1 aliphatic heterocycles. The van der Waals surface area contributed by atoms with Crippen LogP contribution in [0, 0.1) is 11.3 Å². The summed E-state index contributed by atoms with van der Waals surface area (Å²) in [6.45, 7) is 23.6. The minimum absolute atomic E-state index is 0.000567. The fraction of sp³-hybridized carbons (Fsp3) is 0.833. The van der Waals surface area contributed by atoms with Gasteiger partial charge in [-0.3, -0.25) is 4.79 Å². The number of allylic oxidation sites excluding steroid dienone is 2. The zero-order valence-corrected chi connectivity index (χ0v) is 25.3. The Labute approximate surface area is 222 Å². The van der Waals surface area contributed by atoms with Crippen molar-refractivity contribution in [1.29, 1.82) is 0 Å². The predicted molar refractivity (Wildman–Crippen MR) is 155 cm³/mol. The number of aliphatic hydroxyl groups is 1. The molecular formula is C30H57NO3S. The highest BCUT2D eigenvalue weighted by molar-refractivity contribution is 8.01. The summed E-state index contributed by atoms with van der Waals surface area (Å²) < 4.78 is 4.89. The monoisotopic (exact) mass is 511 g/mol. The molecule has 2 N–H and O–H groups in total. The topological polar surface area (TPSA) is 58.6 Å². The van der Waals surface area contributed by atoms with Crippen LogP contribution in [0.2, 0.25) is 0 Å². The van der Waals surface area contributed by atoms with E-state index in [0.29, 0.717) is 11.7 Å². The van der Waals surface area contributed by atoms with Gasteiger partial charge in [0.25, 0.3) is 0 Å². The quantitative estimate of drug-likeness (QED) is 0.275. The minimum Gasteiger partial charge on any atom is -0.392 e. The first-order valence-corrected chi connectivity index (χ1v) is 14.9. The number of aliphatic hydroxyl groups excluding tert-OH is 1. The summed E-state index contributed by atoms with van der Waals surface area (Å²) in [4.78, 5) is 12.7. The van der Waals surface area contributed by atoms with Gasteiger partial charge >= 0.3 is 0 Å². The third kappa shape index (κ3) is 12.8. The van der Waals surface area contributed by atoms with Crippen LogP contribution in [-0.2, 0) is 9.53 Å². The van der Waals surface area contributed by atoms with Crippen molar-refractivity contribution in [3.8, 4) is 0 Å². The first-order chi connectivity index (χ1) is 16.4. The summed E-state index contributed by atoms with van der Waals surface area (Å²) in [5.41, 5.74) is 1.15. The van der Waals surface area contributed by atoms with Crippen molar-refractivity contribution in [2.24, 2.45) is 11.3 Å². The second-order valence-electron chi connectivity index (χ2n) is 10.8. The molecule has 4 nitrogen and oxygen atoms in total. The minimum atomic E-state index is -0.503. The molecule has 0 spiro atoms. The van der Waals surface area contributed by atoms with Crippen LogP contribution in [0.4, 0.5) is 0 Å². The smallest absolute Gasteiger partial charge is 0.239 e. The zero-order chi connectivity index (χ0) is 27.1. The summed E-state index contributed by atoms with van der Waals surface area (Å²) in [7, 11) is 0. The van der Waals surface area contributed by atoms with E-state index in [1.165, 1.54) is 38.5 Å². The molecule has 35 heavy (non-hydrogen) atoms. The number of nitrogens with one attached hydrogen (secondary N) is 1. The van der Waals surface area contributed by atoms with Crippen LogP contribution in [0.3, 0.4) is 0 Å². The fourth-order valence-corrected chi connectivity index (χ4v) is 5.50. The van der Waals surface area contributed by atoms with Crippen LogP contribution in [0.5, 0.6) is 0 Å². The third-order valence-electron chi connectivity index (χ3n) is 7.12. The van der Waals surface area contributed by atoms with E-state index in [4.69, 9.17) is 4.74 Å². The molecule has 1 aliphatic carbocycles. The van der Waals surface area contributed by atoms with E-state index in [1.54, 1.807) is 11.8 Å². The SMILES string of the molecule is C=C(/C=C(\C)NC(=O)C(C)(C)SC1CCOCC1)C(C)(C)C(O)CC.CC.CCCCC1CCC1. The van der Waals surface area contributed by atoms with Crippen LogP contribution >= 0.6 is 11.8 Å². The van der Waals surface area contributed by atoms with E-state index in [0.717, 1.165) is 43.2 Å². The standard InChI is InChI=1S/C20H35NO3S.C8H16.C2H6/c1-8-17(22)19(4,5)14(2)13-15(3)21-18(23)20(6,7)25-16-9-11-24-12-10-16;1-2-3-5-8-6-4-7-8;1-2/h13,16-17,22H,2,8-12H2,1,3-7H3,(H,21,23);8H,2-7H2,1H3;1-2H3/b15-13+;;. The molecule has 206 valence electrons. The number of hydrogen-bond donors (Lipinski definition) is 2. The number of thioether (sulfide) groups is 1. The molecule has 1 unspecified atom stereocenters. The lowest BCUT2D eigenvalue weighted by molar-refractivity contribution is -0.121. The van der Waals surface area contributed by atoms with E-state index in [-0.39, 0.29) is 5.91 Å². The highest BCUT2D eigenvalue weighted by Gasteiger charge is 2.33. The molecule has 0 aromatic heterocycles. The van der Waals surface area contributed by atoms with Gasteiger partial charge in [-0.1, -0.05) is 86.6 Å². The molecule has 1 saturated heterocycles. The highest BCUT2D eigenvalue weighted by atomic mass is 32.2. The van der Waals surface area contributed by atoms with Crippen molar-refractivity contribution in [2.45, 2.75) is 136 Å². The van der Waals surface area contributed by atoms with E-state index < -0.39 is 16.3 Å². The second kappa shape index (κ2) is 17.6. The Morgan fingerprint density at radius 1 is 1.14 bits per heavy atom. The largest absolute Gasteiger partial charge is 0.392 e. The number of ether oxygens (including phenoxy) is 1. The number of carbonyl (C=O) groups excluding carboxylic acids is 1. The van der Waals surface area contributed by atoms with Gasteiger partial charge in [0, 0.05) is 29.6 Å². The molecule has 0 aromatic rings. The number of carbonyl (C=O) groups is 1. The third-order valence-corrected chi connectivity index (χ3v) is 8.70. The molecule has 2 aliphatic rings. The van der Waals surface area contributed by atoms with Gasteiger partial charge in [0.1, 0.15) is 0 Å². The molecule has 2 rings (SSSR count). The molecule has 1 amide bonds. The van der Waals surface area contributed by atoms with Gasteiger partial charge in [-0.2, -0.15) is 0 Å². The number of unbranched alkanes of at least 4 members (excludes halogenated alkanes) is 1. The van der Waals surface area contributed by atoms with Crippen molar-refractivity contribution in [2.75, 3.05) is 13.2 Å².